The van der Waals surface area contributed by atoms with E-state index in [2.05, 4.69) is 0 Å². The lowest BCUT2D eigenvalue weighted by Crippen LogP contribution is -2.37. The lowest BCUT2D eigenvalue weighted by Gasteiger charge is -2.29. The lowest BCUT2D eigenvalue weighted by molar-refractivity contribution is -0.384. The molecule has 0 aliphatic carbocycles. The van der Waals surface area contributed by atoms with Crippen molar-refractivity contribution >= 4 is 34.8 Å². The van der Waals surface area contributed by atoms with E-state index in [0.717, 1.165) is 5.56 Å². The zero-order valence-electron chi connectivity index (χ0n) is 17.2. The van der Waals surface area contributed by atoms with Crippen molar-refractivity contribution in [3.63, 3.8) is 0 Å². The molecular formula is C24H18ClN3O5. The molecule has 2 fully saturated rings. The van der Waals surface area contributed by atoms with E-state index in [0.29, 0.717) is 11.3 Å². The van der Waals surface area contributed by atoms with Crippen LogP contribution in [0.2, 0.25) is 5.02 Å². The van der Waals surface area contributed by atoms with Gasteiger partial charge in [0.2, 0.25) is 5.91 Å². The van der Waals surface area contributed by atoms with Gasteiger partial charge in [-0.1, -0.05) is 60.1 Å². The van der Waals surface area contributed by atoms with E-state index in [9.17, 15) is 19.7 Å². The zero-order chi connectivity index (χ0) is 23.1. The number of para-hydroxylation sites is 1. The number of benzene rings is 3. The normalized spacial score (nSPS) is 22.0. The SMILES string of the molecule is O=C1[C@H]2[C@@H](c3cc([N+](=O)[O-])ccc3Cl)N(c3ccccc3)O[C@H]2C(=O)N1Cc1ccccc1. The summed E-state index contributed by atoms with van der Waals surface area (Å²) in [7, 11) is 0. The number of nitrogens with zero attached hydrogens (tertiary/aromatic N) is 3. The van der Waals surface area contributed by atoms with Crippen LogP contribution in [0.1, 0.15) is 17.2 Å². The van der Waals surface area contributed by atoms with Crippen molar-refractivity contribution in [1.82, 2.24) is 4.90 Å². The van der Waals surface area contributed by atoms with Gasteiger partial charge in [0, 0.05) is 22.7 Å². The van der Waals surface area contributed by atoms with Crippen molar-refractivity contribution in [3.8, 4) is 0 Å². The molecule has 0 unspecified atom stereocenters. The van der Waals surface area contributed by atoms with Crippen LogP contribution in [0.15, 0.2) is 78.9 Å². The van der Waals surface area contributed by atoms with Gasteiger partial charge in [0.15, 0.2) is 6.10 Å². The summed E-state index contributed by atoms with van der Waals surface area (Å²) in [5.74, 6) is -1.75. The fourth-order valence-corrected chi connectivity index (χ4v) is 4.61. The van der Waals surface area contributed by atoms with Gasteiger partial charge in [-0.2, -0.15) is 0 Å². The molecule has 8 nitrogen and oxygen atoms in total. The summed E-state index contributed by atoms with van der Waals surface area (Å²) >= 11 is 6.46. The van der Waals surface area contributed by atoms with Crippen LogP contribution in [-0.4, -0.2) is 27.7 Å². The van der Waals surface area contributed by atoms with Crippen LogP contribution in [0, 0.1) is 16.0 Å². The number of nitro benzene ring substituents is 1. The molecule has 166 valence electrons. The predicted octanol–water partition coefficient (Wildman–Crippen LogP) is 4.29. The van der Waals surface area contributed by atoms with E-state index in [1.54, 1.807) is 24.3 Å². The average Bonchev–Trinajstić information content (AvgIpc) is 3.32. The van der Waals surface area contributed by atoms with Gasteiger partial charge in [0.25, 0.3) is 11.6 Å². The molecule has 0 aromatic heterocycles. The van der Waals surface area contributed by atoms with Gasteiger partial charge in [-0.05, 0) is 23.8 Å². The summed E-state index contributed by atoms with van der Waals surface area (Å²) in [4.78, 5) is 44.9. The molecule has 3 aromatic carbocycles. The van der Waals surface area contributed by atoms with E-state index < -0.39 is 34.8 Å². The Kier molecular flexibility index (Phi) is 5.32. The molecule has 0 spiro atoms. The van der Waals surface area contributed by atoms with Gasteiger partial charge in [0.05, 0.1) is 23.2 Å². The molecule has 3 aromatic rings. The topological polar surface area (TPSA) is 93.0 Å². The number of imide groups is 1. The first kappa shape index (κ1) is 21.1. The highest BCUT2D eigenvalue weighted by Gasteiger charge is 2.60. The number of hydrogen-bond acceptors (Lipinski definition) is 6. The maximum Gasteiger partial charge on any atom is 0.269 e. The molecule has 2 saturated heterocycles. The zero-order valence-corrected chi connectivity index (χ0v) is 18.0. The number of fused-ring (bicyclic) bond motifs is 1. The van der Waals surface area contributed by atoms with Gasteiger partial charge in [-0.3, -0.25) is 29.4 Å². The first-order valence-corrected chi connectivity index (χ1v) is 10.7. The van der Waals surface area contributed by atoms with Crippen molar-refractivity contribution < 1.29 is 19.3 Å². The van der Waals surface area contributed by atoms with Gasteiger partial charge in [-0.25, -0.2) is 5.06 Å². The Morgan fingerprint density at radius 3 is 2.27 bits per heavy atom. The molecule has 3 atom stereocenters. The molecule has 2 heterocycles. The number of non-ortho nitro benzene ring substituents is 1. The number of nitro groups is 1. The van der Waals surface area contributed by atoms with Crippen LogP contribution in [0.5, 0.6) is 0 Å². The summed E-state index contributed by atoms with van der Waals surface area (Å²) in [6.45, 7) is 0.121. The summed E-state index contributed by atoms with van der Waals surface area (Å²) in [5.41, 5.74) is 1.60. The Balaban J connectivity index is 1.58. The van der Waals surface area contributed by atoms with Gasteiger partial charge < -0.3 is 0 Å². The first-order chi connectivity index (χ1) is 16.0. The minimum atomic E-state index is -1.05. The Labute approximate surface area is 194 Å². The fourth-order valence-electron chi connectivity index (χ4n) is 4.38. The molecule has 0 radical (unpaired) electrons. The van der Waals surface area contributed by atoms with Crippen LogP contribution >= 0.6 is 11.6 Å². The van der Waals surface area contributed by atoms with E-state index in [-0.39, 0.29) is 17.3 Å². The Hall–Kier alpha value is -3.75. The minimum absolute atomic E-state index is 0.121. The smallest absolute Gasteiger partial charge is 0.269 e. The molecule has 2 aliphatic heterocycles. The lowest BCUT2D eigenvalue weighted by atomic mass is 9.90. The first-order valence-electron chi connectivity index (χ1n) is 10.3. The molecule has 33 heavy (non-hydrogen) atoms. The highest BCUT2D eigenvalue weighted by molar-refractivity contribution is 6.31. The minimum Gasteiger partial charge on any atom is -0.275 e. The second-order valence-corrected chi connectivity index (χ2v) is 8.28. The number of likely N-dealkylation sites (tertiary alicyclic amines) is 1. The number of hydroxylamine groups is 1. The number of anilines is 1. The largest absolute Gasteiger partial charge is 0.275 e. The Morgan fingerprint density at radius 2 is 1.61 bits per heavy atom. The van der Waals surface area contributed by atoms with Crippen LogP contribution < -0.4 is 5.06 Å². The second kappa shape index (κ2) is 8.31. The highest BCUT2D eigenvalue weighted by atomic mass is 35.5. The molecule has 9 heteroatoms. The summed E-state index contributed by atoms with van der Waals surface area (Å²) in [6, 6.07) is 21.4. The third kappa shape index (κ3) is 3.63. The third-order valence-electron chi connectivity index (χ3n) is 5.91. The standard InChI is InChI=1S/C24H18ClN3O5/c25-19-12-11-17(28(31)32)13-18(19)21-20-22(33-27(21)16-9-5-2-6-10-16)24(30)26(23(20)29)14-15-7-3-1-4-8-15/h1-13,20-22H,14H2/t20-,21+,22+/m0/s1. The van der Waals surface area contributed by atoms with Crippen molar-refractivity contribution in [3.05, 3.63) is 105 Å². The second-order valence-electron chi connectivity index (χ2n) is 7.87. The average molecular weight is 464 g/mol. The number of hydrogen-bond donors (Lipinski definition) is 0. The number of amides is 2. The van der Waals surface area contributed by atoms with E-state index >= 15 is 0 Å². The van der Waals surface area contributed by atoms with E-state index in [1.165, 1.54) is 28.2 Å². The van der Waals surface area contributed by atoms with Gasteiger partial charge in [-0.15, -0.1) is 0 Å². The van der Waals surface area contributed by atoms with Crippen molar-refractivity contribution in [2.75, 3.05) is 5.06 Å². The van der Waals surface area contributed by atoms with Crippen LogP contribution in [0.25, 0.3) is 0 Å². The number of carbonyl (C=O) groups is 2. The molecular weight excluding hydrogens is 446 g/mol. The van der Waals surface area contributed by atoms with Crippen molar-refractivity contribution in [1.29, 1.82) is 0 Å². The molecule has 0 saturated carbocycles. The molecule has 2 aliphatic rings. The Morgan fingerprint density at radius 1 is 0.939 bits per heavy atom. The maximum atomic E-state index is 13.5. The monoisotopic (exact) mass is 463 g/mol. The van der Waals surface area contributed by atoms with Crippen LogP contribution in [0.4, 0.5) is 11.4 Å². The summed E-state index contributed by atoms with van der Waals surface area (Å²) in [5, 5.41) is 13.1. The molecule has 0 bridgehead atoms. The van der Waals surface area contributed by atoms with Gasteiger partial charge >= 0.3 is 0 Å². The van der Waals surface area contributed by atoms with Crippen molar-refractivity contribution in [2.45, 2.75) is 18.7 Å². The fraction of sp³-hybridized carbons (Fsp3) is 0.167. The quantitative estimate of drug-likeness (QED) is 0.318. The summed E-state index contributed by atoms with van der Waals surface area (Å²) < 4.78 is 0. The highest BCUT2D eigenvalue weighted by Crippen LogP contribution is 2.49. The Bertz CT molecular complexity index is 1240. The number of rotatable bonds is 5. The molecule has 0 N–H and O–H groups in total. The molecule has 5 rings (SSSR count). The number of halogens is 1. The van der Waals surface area contributed by atoms with Crippen LogP contribution in [-0.2, 0) is 21.0 Å². The molecule has 2 amide bonds. The van der Waals surface area contributed by atoms with E-state index in [4.69, 9.17) is 16.4 Å². The number of carbonyl (C=O) groups excluding carboxylic acids is 2. The maximum absolute atomic E-state index is 13.5. The van der Waals surface area contributed by atoms with Crippen LogP contribution in [0.3, 0.4) is 0 Å². The van der Waals surface area contributed by atoms with E-state index in [1.807, 2.05) is 36.4 Å². The van der Waals surface area contributed by atoms with Gasteiger partial charge in [0.1, 0.15) is 5.92 Å². The predicted molar refractivity (Wildman–Crippen MR) is 120 cm³/mol. The third-order valence-corrected chi connectivity index (χ3v) is 6.25. The summed E-state index contributed by atoms with van der Waals surface area (Å²) in [6.07, 6.45) is -1.05. The van der Waals surface area contributed by atoms with Crippen molar-refractivity contribution in [2.24, 2.45) is 5.92 Å².